The van der Waals surface area contributed by atoms with Crippen molar-refractivity contribution >= 4 is 11.3 Å². The molecule has 0 bridgehead atoms. The van der Waals surface area contributed by atoms with Crippen LogP contribution < -0.4 is 5.32 Å². The van der Waals surface area contributed by atoms with E-state index in [4.69, 9.17) is 4.74 Å². The van der Waals surface area contributed by atoms with E-state index in [1.54, 1.807) is 17.5 Å². The molecule has 0 atom stereocenters. The standard InChI is InChI=1S/C13H17N3OS/c1-2-17-8-7-14-9-11-10-18-13(16-11)12-5-3-4-6-15-12/h3-6,10,14H,2,7-9H2,1H3. The lowest BCUT2D eigenvalue weighted by Crippen LogP contribution is -2.19. The summed E-state index contributed by atoms with van der Waals surface area (Å²) in [5, 5.41) is 6.34. The highest BCUT2D eigenvalue weighted by atomic mass is 32.1. The molecule has 0 spiro atoms. The van der Waals surface area contributed by atoms with E-state index in [2.05, 4.69) is 20.7 Å². The lowest BCUT2D eigenvalue weighted by molar-refractivity contribution is 0.149. The lowest BCUT2D eigenvalue weighted by Gasteiger charge is -2.02. The topological polar surface area (TPSA) is 47.0 Å². The summed E-state index contributed by atoms with van der Waals surface area (Å²) in [6, 6.07) is 5.86. The molecule has 0 radical (unpaired) electrons. The zero-order chi connectivity index (χ0) is 12.6. The zero-order valence-corrected chi connectivity index (χ0v) is 11.2. The van der Waals surface area contributed by atoms with Crippen molar-refractivity contribution in [2.45, 2.75) is 13.5 Å². The Morgan fingerprint density at radius 1 is 1.39 bits per heavy atom. The van der Waals surface area contributed by atoms with E-state index in [0.29, 0.717) is 0 Å². The molecule has 5 heteroatoms. The third-order valence-electron chi connectivity index (χ3n) is 2.37. The number of thiazole rings is 1. The number of aromatic nitrogens is 2. The first-order valence-electron chi connectivity index (χ1n) is 6.04. The van der Waals surface area contributed by atoms with Gasteiger partial charge in [0.05, 0.1) is 18.0 Å². The van der Waals surface area contributed by atoms with Crippen molar-refractivity contribution < 1.29 is 4.74 Å². The molecule has 1 N–H and O–H groups in total. The second-order valence-corrected chi connectivity index (χ2v) is 4.59. The van der Waals surface area contributed by atoms with E-state index in [1.165, 1.54) is 0 Å². The van der Waals surface area contributed by atoms with Gasteiger partial charge in [-0.3, -0.25) is 4.98 Å². The number of nitrogens with one attached hydrogen (secondary N) is 1. The van der Waals surface area contributed by atoms with Gasteiger partial charge in [0.15, 0.2) is 0 Å². The molecule has 0 amide bonds. The van der Waals surface area contributed by atoms with E-state index in [-0.39, 0.29) is 0 Å². The number of ether oxygens (including phenoxy) is 1. The Labute approximate surface area is 111 Å². The average molecular weight is 263 g/mol. The number of rotatable bonds is 7. The molecule has 0 aliphatic carbocycles. The monoisotopic (exact) mass is 263 g/mol. The maximum Gasteiger partial charge on any atom is 0.142 e. The summed E-state index contributed by atoms with van der Waals surface area (Å²) in [4.78, 5) is 8.84. The van der Waals surface area contributed by atoms with Crippen LogP contribution in [0.4, 0.5) is 0 Å². The molecule has 4 nitrogen and oxygen atoms in total. The van der Waals surface area contributed by atoms with Crippen LogP contribution in [0, 0.1) is 0 Å². The molecule has 0 aliphatic heterocycles. The lowest BCUT2D eigenvalue weighted by atomic mass is 10.3. The molecule has 0 saturated heterocycles. The van der Waals surface area contributed by atoms with Crippen LogP contribution in [0.25, 0.3) is 10.7 Å². The van der Waals surface area contributed by atoms with Gasteiger partial charge < -0.3 is 10.1 Å². The first-order chi connectivity index (χ1) is 8.90. The maximum atomic E-state index is 5.26. The van der Waals surface area contributed by atoms with Crippen molar-refractivity contribution in [3.8, 4) is 10.7 Å². The SMILES string of the molecule is CCOCCNCc1csc(-c2ccccn2)n1. The van der Waals surface area contributed by atoms with E-state index in [9.17, 15) is 0 Å². The molecule has 18 heavy (non-hydrogen) atoms. The van der Waals surface area contributed by atoms with Crippen LogP contribution in [0.2, 0.25) is 0 Å². The molecular formula is C13H17N3OS. The molecule has 0 saturated carbocycles. The average Bonchev–Trinajstić information content (AvgIpc) is 2.88. The van der Waals surface area contributed by atoms with Crippen molar-refractivity contribution in [2.75, 3.05) is 19.8 Å². The summed E-state index contributed by atoms with van der Waals surface area (Å²) >= 11 is 1.63. The van der Waals surface area contributed by atoms with Gasteiger partial charge in [0.2, 0.25) is 0 Å². The van der Waals surface area contributed by atoms with Crippen molar-refractivity contribution in [1.29, 1.82) is 0 Å². The Kier molecular flexibility index (Phi) is 5.26. The predicted molar refractivity (Wildman–Crippen MR) is 73.5 cm³/mol. The maximum absolute atomic E-state index is 5.26. The minimum atomic E-state index is 0.744. The largest absolute Gasteiger partial charge is 0.380 e. The van der Waals surface area contributed by atoms with E-state index in [0.717, 1.165) is 42.7 Å². The van der Waals surface area contributed by atoms with Crippen molar-refractivity contribution in [3.63, 3.8) is 0 Å². The second-order valence-electron chi connectivity index (χ2n) is 3.73. The van der Waals surface area contributed by atoms with Crippen LogP contribution in [0.15, 0.2) is 29.8 Å². The van der Waals surface area contributed by atoms with Gasteiger partial charge in [0.1, 0.15) is 5.01 Å². The Hall–Kier alpha value is -1.30. The predicted octanol–water partition coefficient (Wildman–Crippen LogP) is 2.33. The molecule has 96 valence electrons. The summed E-state index contributed by atoms with van der Waals surface area (Å²) in [7, 11) is 0. The highest BCUT2D eigenvalue weighted by Gasteiger charge is 2.04. The number of hydrogen-bond acceptors (Lipinski definition) is 5. The summed E-state index contributed by atoms with van der Waals surface area (Å²) in [6.45, 7) is 5.14. The minimum Gasteiger partial charge on any atom is -0.380 e. The smallest absolute Gasteiger partial charge is 0.142 e. The van der Waals surface area contributed by atoms with Crippen LogP contribution in [0.5, 0.6) is 0 Å². The van der Waals surface area contributed by atoms with Gasteiger partial charge >= 0.3 is 0 Å². The van der Waals surface area contributed by atoms with Gasteiger partial charge in [-0.1, -0.05) is 6.07 Å². The van der Waals surface area contributed by atoms with Crippen LogP contribution in [0.1, 0.15) is 12.6 Å². The molecule has 2 rings (SSSR count). The van der Waals surface area contributed by atoms with Gasteiger partial charge in [0.25, 0.3) is 0 Å². The van der Waals surface area contributed by atoms with Crippen molar-refractivity contribution in [3.05, 3.63) is 35.5 Å². The first kappa shape index (κ1) is 13.1. The second kappa shape index (κ2) is 7.20. The van der Waals surface area contributed by atoms with Crippen LogP contribution >= 0.6 is 11.3 Å². The van der Waals surface area contributed by atoms with Crippen molar-refractivity contribution in [1.82, 2.24) is 15.3 Å². The highest BCUT2D eigenvalue weighted by molar-refractivity contribution is 7.13. The van der Waals surface area contributed by atoms with Crippen LogP contribution in [-0.2, 0) is 11.3 Å². The molecule has 0 aromatic carbocycles. The molecule has 0 unspecified atom stereocenters. The van der Waals surface area contributed by atoms with Crippen LogP contribution in [-0.4, -0.2) is 29.7 Å². The number of nitrogens with zero attached hydrogens (tertiary/aromatic N) is 2. The Morgan fingerprint density at radius 2 is 2.33 bits per heavy atom. The Bertz CT molecular complexity index is 458. The van der Waals surface area contributed by atoms with Gasteiger partial charge in [0, 0.05) is 31.3 Å². The summed E-state index contributed by atoms with van der Waals surface area (Å²) in [5.41, 5.74) is 1.99. The fourth-order valence-corrected chi connectivity index (χ4v) is 2.30. The molecule has 0 aliphatic rings. The van der Waals surface area contributed by atoms with Gasteiger partial charge in [-0.15, -0.1) is 11.3 Å². The summed E-state index contributed by atoms with van der Waals surface area (Å²) < 4.78 is 5.26. The third kappa shape index (κ3) is 3.87. The van der Waals surface area contributed by atoms with Gasteiger partial charge in [-0.25, -0.2) is 4.98 Å². The first-order valence-corrected chi connectivity index (χ1v) is 6.92. The molecular weight excluding hydrogens is 246 g/mol. The van der Waals surface area contributed by atoms with Crippen molar-refractivity contribution in [2.24, 2.45) is 0 Å². The number of pyridine rings is 1. The normalized spacial score (nSPS) is 10.7. The Balaban J connectivity index is 1.83. The third-order valence-corrected chi connectivity index (χ3v) is 3.28. The summed E-state index contributed by atoms with van der Waals surface area (Å²) in [5.74, 6) is 0. The van der Waals surface area contributed by atoms with E-state index in [1.807, 2.05) is 25.1 Å². The molecule has 0 fully saturated rings. The molecule has 2 heterocycles. The summed E-state index contributed by atoms with van der Waals surface area (Å²) in [6.07, 6.45) is 1.79. The van der Waals surface area contributed by atoms with E-state index >= 15 is 0 Å². The minimum absolute atomic E-state index is 0.744. The number of hydrogen-bond donors (Lipinski definition) is 1. The highest BCUT2D eigenvalue weighted by Crippen LogP contribution is 2.20. The van der Waals surface area contributed by atoms with E-state index < -0.39 is 0 Å². The van der Waals surface area contributed by atoms with Crippen LogP contribution in [0.3, 0.4) is 0 Å². The Morgan fingerprint density at radius 3 is 3.11 bits per heavy atom. The molecule has 2 aromatic heterocycles. The quantitative estimate of drug-likeness (QED) is 0.779. The van der Waals surface area contributed by atoms with Gasteiger partial charge in [-0.2, -0.15) is 0 Å². The fourth-order valence-electron chi connectivity index (χ4n) is 1.50. The van der Waals surface area contributed by atoms with Gasteiger partial charge in [-0.05, 0) is 19.1 Å². The molecule has 2 aromatic rings. The fraction of sp³-hybridized carbons (Fsp3) is 0.385. The zero-order valence-electron chi connectivity index (χ0n) is 10.4.